The molecule has 0 aliphatic rings. The molecule has 0 aliphatic carbocycles. The van der Waals surface area contributed by atoms with Crippen LogP contribution >= 0.6 is 0 Å². The molecule has 0 saturated carbocycles. The van der Waals surface area contributed by atoms with Crippen LogP contribution in [-0.2, 0) is 0 Å². The predicted molar refractivity (Wildman–Crippen MR) is 229 cm³/mol. The van der Waals surface area contributed by atoms with Gasteiger partial charge in [-0.2, -0.15) is 0 Å². The molecule has 6 nitrogen and oxygen atoms in total. The molecule has 266 valence electrons. The SMILES string of the molecule is c1ccc(N(c2ccccc2)c2ccc(-c3cc4cc5c(cc(-c6ccc(N(c7ccccc7)c7ccccc7)nc6)n5-c5ccccc5)cc4o3)cn2)cc1. The van der Waals surface area contributed by atoms with Gasteiger partial charge in [-0.05, 0) is 109 Å². The molecule has 56 heavy (non-hydrogen) atoms. The molecule has 0 aliphatic heterocycles. The molecule has 4 heterocycles. The molecule has 0 N–H and O–H groups in total. The highest BCUT2D eigenvalue weighted by atomic mass is 16.3. The fourth-order valence-electron chi connectivity index (χ4n) is 7.42. The Morgan fingerprint density at radius 1 is 0.411 bits per heavy atom. The van der Waals surface area contributed by atoms with E-state index >= 15 is 0 Å². The van der Waals surface area contributed by atoms with Crippen molar-refractivity contribution < 1.29 is 4.42 Å². The lowest BCUT2D eigenvalue weighted by Crippen LogP contribution is -2.11. The highest BCUT2D eigenvalue weighted by molar-refractivity contribution is 6.00. The first-order valence-corrected chi connectivity index (χ1v) is 18.6. The van der Waals surface area contributed by atoms with Gasteiger partial charge in [0.2, 0.25) is 0 Å². The van der Waals surface area contributed by atoms with Crippen molar-refractivity contribution in [3.8, 4) is 28.3 Å². The van der Waals surface area contributed by atoms with Crippen LogP contribution in [0.25, 0.3) is 50.1 Å². The second-order valence-corrected chi connectivity index (χ2v) is 13.6. The zero-order valence-electron chi connectivity index (χ0n) is 30.4. The standard InChI is InChI=1S/C50H35N5O/c1-6-16-40(17-7-1)53(41-18-8-2-9-19-41)49-28-26-36(34-51-49)45-30-38-32-48-39(31-46(38)55(45)44-24-14-5-15-25-44)33-47(56-48)37-27-29-50(52-35-37)54(42-20-10-3-11-21-42)43-22-12-4-13-23-43/h1-35H. The molecule has 4 aromatic heterocycles. The first-order chi connectivity index (χ1) is 27.8. The fraction of sp³-hybridized carbons (Fsp3) is 0. The Kier molecular flexibility index (Phi) is 8.39. The summed E-state index contributed by atoms with van der Waals surface area (Å²) in [6.07, 6.45) is 3.86. The van der Waals surface area contributed by atoms with E-state index in [0.717, 1.165) is 84.5 Å². The molecular weight excluding hydrogens is 687 g/mol. The highest BCUT2D eigenvalue weighted by Crippen LogP contribution is 2.39. The topological polar surface area (TPSA) is 50.3 Å². The normalized spacial score (nSPS) is 11.2. The van der Waals surface area contributed by atoms with Crippen LogP contribution in [-0.4, -0.2) is 14.5 Å². The molecule has 0 atom stereocenters. The molecule has 0 spiro atoms. The summed E-state index contributed by atoms with van der Waals surface area (Å²) in [7, 11) is 0. The monoisotopic (exact) mass is 721 g/mol. The molecule has 10 aromatic rings. The Morgan fingerprint density at radius 2 is 0.875 bits per heavy atom. The first-order valence-electron chi connectivity index (χ1n) is 18.6. The van der Waals surface area contributed by atoms with Crippen molar-refractivity contribution in [2.45, 2.75) is 0 Å². The van der Waals surface area contributed by atoms with E-state index in [2.05, 4.69) is 154 Å². The van der Waals surface area contributed by atoms with Crippen LogP contribution in [0.2, 0.25) is 0 Å². The molecule has 10 rings (SSSR count). The molecule has 0 amide bonds. The van der Waals surface area contributed by atoms with Gasteiger partial charge in [-0.1, -0.05) is 91.0 Å². The number of hydrogen-bond acceptors (Lipinski definition) is 5. The van der Waals surface area contributed by atoms with Gasteiger partial charge in [-0.25, -0.2) is 9.97 Å². The molecule has 0 radical (unpaired) electrons. The van der Waals surface area contributed by atoms with E-state index in [4.69, 9.17) is 14.4 Å². The van der Waals surface area contributed by atoms with Crippen LogP contribution in [0.4, 0.5) is 34.4 Å². The van der Waals surface area contributed by atoms with Gasteiger partial charge < -0.3 is 8.98 Å². The number of anilines is 6. The lowest BCUT2D eigenvalue weighted by atomic mass is 10.1. The number of nitrogens with zero attached hydrogens (tertiary/aromatic N) is 5. The second kappa shape index (κ2) is 14.3. The third-order valence-electron chi connectivity index (χ3n) is 10.0. The Morgan fingerprint density at radius 3 is 1.34 bits per heavy atom. The smallest absolute Gasteiger partial charge is 0.137 e. The van der Waals surface area contributed by atoms with Crippen LogP contribution in [0.5, 0.6) is 0 Å². The summed E-state index contributed by atoms with van der Waals surface area (Å²) in [5.41, 5.74) is 10.1. The second-order valence-electron chi connectivity index (χ2n) is 13.6. The zero-order chi connectivity index (χ0) is 37.3. The number of fused-ring (bicyclic) bond motifs is 2. The molecule has 0 fully saturated rings. The lowest BCUT2D eigenvalue weighted by molar-refractivity contribution is 0.631. The largest absolute Gasteiger partial charge is 0.456 e. The van der Waals surface area contributed by atoms with Crippen molar-refractivity contribution in [2.75, 3.05) is 9.80 Å². The zero-order valence-corrected chi connectivity index (χ0v) is 30.4. The quantitative estimate of drug-likeness (QED) is 0.149. The summed E-state index contributed by atoms with van der Waals surface area (Å²) >= 11 is 0. The van der Waals surface area contributed by atoms with Gasteiger partial charge in [-0.3, -0.25) is 9.80 Å². The van der Waals surface area contributed by atoms with Gasteiger partial charge in [0.05, 0.1) is 11.2 Å². The molecule has 0 saturated heterocycles. The van der Waals surface area contributed by atoms with E-state index < -0.39 is 0 Å². The maximum Gasteiger partial charge on any atom is 0.137 e. The van der Waals surface area contributed by atoms with Crippen molar-refractivity contribution in [3.05, 3.63) is 213 Å². The van der Waals surface area contributed by atoms with Crippen LogP contribution in [0.3, 0.4) is 0 Å². The van der Waals surface area contributed by atoms with Gasteiger partial charge in [0, 0.05) is 62.7 Å². The molecule has 0 unspecified atom stereocenters. The molecular formula is C50H35N5O. The summed E-state index contributed by atoms with van der Waals surface area (Å²) in [5, 5.41) is 2.09. The Hall–Kier alpha value is -7.70. The van der Waals surface area contributed by atoms with E-state index in [1.807, 2.05) is 73.1 Å². The third-order valence-corrected chi connectivity index (χ3v) is 10.0. The summed E-state index contributed by atoms with van der Waals surface area (Å²) in [6.45, 7) is 0. The van der Waals surface area contributed by atoms with Crippen molar-refractivity contribution in [3.63, 3.8) is 0 Å². The first kappa shape index (κ1) is 32.9. The molecule has 0 bridgehead atoms. The Balaban J connectivity index is 1.02. The number of benzene rings is 6. The maximum absolute atomic E-state index is 6.54. The van der Waals surface area contributed by atoms with Gasteiger partial charge in [0.15, 0.2) is 0 Å². The van der Waals surface area contributed by atoms with Crippen molar-refractivity contribution in [2.24, 2.45) is 0 Å². The summed E-state index contributed by atoms with van der Waals surface area (Å²) in [6, 6.07) is 68.8. The minimum Gasteiger partial charge on any atom is -0.456 e. The lowest BCUT2D eigenvalue weighted by Gasteiger charge is -2.24. The summed E-state index contributed by atoms with van der Waals surface area (Å²) in [4.78, 5) is 14.3. The van der Waals surface area contributed by atoms with E-state index in [-0.39, 0.29) is 0 Å². The number of para-hydroxylation sites is 5. The molecule has 6 aromatic carbocycles. The fourth-order valence-corrected chi connectivity index (χ4v) is 7.42. The van der Waals surface area contributed by atoms with E-state index in [1.165, 1.54) is 0 Å². The van der Waals surface area contributed by atoms with Crippen LogP contribution in [0.15, 0.2) is 217 Å². The Bertz CT molecular complexity index is 2800. The van der Waals surface area contributed by atoms with Gasteiger partial charge in [0.25, 0.3) is 0 Å². The predicted octanol–water partition coefficient (Wildman–Crippen LogP) is 13.4. The number of pyridine rings is 2. The summed E-state index contributed by atoms with van der Waals surface area (Å²) in [5.74, 6) is 2.44. The minimum absolute atomic E-state index is 0.769. The van der Waals surface area contributed by atoms with Crippen molar-refractivity contribution in [1.29, 1.82) is 0 Å². The number of hydrogen-bond donors (Lipinski definition) is 0. The van der Waals surface area contributed by atoms with Crippen LogP contribution in [0.1, 0.15) is 0 Å². The van der Waals surface area contributed by atoms with Gasteiger partial charge in [0.1, 0.15) is 23.0 Å². The average Bonchev–Trinajstić information content (AvgIpc) is 3.86. The van der Waals surface area contributed by atoms with E-state index in [1.54, 1.807) is 0 Å². The Labute approximate surface area is 324 Å². The van der Waals surface area contributed by atoms with Crippen LogP contribution < -0.4 is 9.80 Å². The molecule has 6 heteroatoms. The minimum atomic E-state index is 0.769. The van der Waals surface area contributed by atoms with E-state index in [0.29, 0.717) is 0 Å². The van der Waals surface area contributed by atoms with Gasteiger partial charge >= 0.3 is 0 Å². The maximum atomic E-state index is 6.54. The van der Waals surface area contributed by atoms with Crippen molar-refractivity contribution in [1.82, 2.24) is 14.5 Å². The van der Waals surface area contributed by atoms with Gasteiger partial charge in [-0.15, -0.1) is 0 Å². The third kappa shape index (κ3) is 6.15. The number of rotatable bonds is 9. The highest BCUT2D eigenvalue weighted by Gasteiger charge is 2.19. The van der Waals surface area contributed by atoms with Crippen molar-refractivity contribution >= 4 is 56.3 Å². The van der Waals surface area contributed by atoms with E-state index in [9.17, 15) is 0 Å². The number of aromatic nitrogens is 3. The number of furan rings is 1. The summed E-state index contributed by atoms with van der Waals surface area (Å²) < 4.78 is 8.85. The average molecular weight is 722 g/mol. The van der Waals surface area contributed by atoms with Crippen LogP contribution in [0, 0.1) is 0 Å².